The van der Waals surface area contributed by atoms with Gasteiger partial charge in [-0.15, -0.1) is 0 Å². The summed E-state index contributed by atoms with van der Waals surface area (Å²) in [6, 6.07) is 9.20. The summed E-state index contributed by atoms with van der Waals surface area (Å²) in [6.07, 6.45) is 6.03. The minimum absolute atomic E-state index is 0.0312. The first-order valence-electron chi connectivity index (χ1n) is 8.70. The highest BCUT2D eigenvalue weighted by molar-refractivity contribution is 5.84. The Kier molecular flexibility index (Phi) is 4.22. The molecule has 4 rings (SSSR count). The van der Waals surface area contributed by atoms with Crippen LogP contribution in [0.5, 0.6) is 5.75 Å². The summed E-state index contributed by atoms with van der Waals surface area (Å²) in [4.78, 5) is 12.1. The molecule has 2 aromatic heterocycles. The number of carbonyl (C=O) groups is 1. The van der Waals surface area contributed by atoms with Gasteiger partial charge in [-0.25, -0.2) is 0 Å². The van der Waals surface area contributed by atoms with E-state index in [1.807, 2.05) is 31.2 Å². The van der Waals surface area contributed by atoms with Gasteiger partial charge < -0.3 is 18.9 Å². The summed E-state index contributed by atoms with van der Waals surface area (Å²) < 4.78 is 16.9. The van der Waals surface area contributed by atoms with E-state index < -0.39 is 0 Å². The Bertz CT molecular complexity index is 879. The number of fused-ring (bicyclic) bond motifs is 3. The van der Waals surface area contributed by atoms with Crippen LogP contribution in [0.4, 0.5) is 0 Å². The molecule has 0 unspecified atom stereocenters. The molecular formula is C20H21NO4. The molecule has 0 spiro atoms. The van der Waals surface area contributed by atoms with Crippen LogP contribution in [0.1, 0.15) is 42.9 Å². The Morgan fingerprint density at radius 1 is 1.28 bits per heavy atom. The Morgan fingerprint density at radius 2 is 2.16 bits per heavy atom. The number of ether oxygens (including phenoxy) is 1. The SMILES string of the molecule is C[C@@H](NC(=O)COc1ccc2oc3c(c2c1)CCCC3)c1ccco1. The lowest BCUT2D eigenvalue weighted by Gasteiger charge is -2.12. The summed E-state index contributed by atoms with van der Waals surface area (Å²) >= 11 is 0. The van der Waals surface area contributed by atoms with Gasteiger partial charge in [-0.3, -0.25) is 4.79 Å². The van der Waals surface area contributed by atoms with Crippen LogP contribution in [0.25, 0.3) is 11.0 Å². The van der Waals surface area contributed by atoms with Crippen molar-refractivity contribution in [3.8, 4) is 5.75 Å². The zero-order valence-corrected chi connectivity index (χ0v) is 14.2. The van der Waals surface area contributed by atoms with Gasteiger partial charge >= 0.3 is 0 Å². The van der Waals surface area contributed by atoms with Crippen molar-refractivity contribution >= 4 is 16.9 Å². The molecule has 1 aromatic carbocycles. The van der Waals surface area contributed by atoms with Crippen molar-refractivity contribution in [2.75, 3.05) is 6.61 Å². The van der Waals surface area contributed by atoms with Crippen molar-refractivity contribution in [3.63, 3.8) is 0 Å². The molecular weight excluding hydrogens is 318 g/mol. The monoisotopic (exact) mass is 339 g/mol. The number of hydrogen-bond donors (Lipinski definition) is 1. The van der Waals surface area contributed by atoms with E-state index in [2.05, 4.69) is 5.32 Å². The number of nitrogens with one attached hydrogen (secondary N) is 1. The lowest BCUT2D eigenvalue weighted by atomic mass is 9.96. The molecule has 0 radical (unpaired) electrons. The fourth-order valence-corrected chi connectivity index (χ4v) is 3.37. The quantitative estimate of drug-likeness (QED) is 0.758. The van der Waals surface area contributed by atoms with Crippen molar-refractivity contribution < 1.29 is 18.4 Å². The van der Waals surface area contributed by atoms with Crippen LogP contribution in [-0.2, 0) is 17.6 Å². The molecule has 2 heterocycles. The fourth-order valence-electron chi connectivity index (χ4n) is 3.37. The Morgan fingerprint density at radius 3 is 3.00 bits per heavy atom. The fraction of sp³-hybridized carbons (Fsp3) is 0.350. The molecule has 0 fully saturated rings. The van der Waals surface area contributed by atoms with E-state index in [4.69, 9.17) is 13.6 Å². The Balaban J connectivity index is 1.41. The van der Waals surface area contributed by atoms with Crippen LogP contribution < -0.4 is 10.1 Å². The minimum atomic E-state index is -0.186. The number of aryl methyl sites for hydroxylation is 2. The molecule has 0 bridgehead atoms. The highest BCUT2D eigenvalue weighted by atomic mass is 16.5. The molecule has 1 atom stereocenters. The van der Waals surface area contributed by atoms with E-state index in [0.717, 1.165) is 35.3 Å². The molecule has 0 aliphatic heterocycles. The average Bonchev–Trinajstić information content (AvgIpc) is 3.27. The zero-order chi connectivity index (χ0) is 17.2. The van der Waals surface area contributed by atoms with E-state index in [1.54, 1.807) is 12.3 Å². The van der Waals surface area contributed by atoms with Crippen molar-refractivity contribution in [3.05, 3.63) is 53.7 Å². The summed E-state index contributed by atoms with van der Waals surface area (Å²) in [5, 5.41) is 3.97. The molecule has 1 amide bonds. The highest BCUT2D eigenvalue weighted by Crippen LogP contribution is 2.33. The van der Waals surface area contributed by atoms with Crippen LogP contribution in [0.3, 0.4) is 0 Å². The van der Waals surface area contributed by atoms with Crippen molar-refractivity contribution in [2.45, 2.75) is 38.6 Å². The summed E-state index contributed by atoms with van der Waals surface area (Å²) in [5.41, 5.74) is 2.19. The van der Waals surface area contributed by atoms with E-state index in [0.29, 0.717) is 5.75 Å². The Hall–Kier alpha value is -2.69. The maximum Gasteiger partial charge on any atom is 0.258 e. The van der Waals surface area contributed by atoms with E-state index in [1.165, 1.54) is 18.4 Å². The van der Waals surface area contributed by atoms with Gasteiger partial charge in [-0.1, -0.05) is 0 Å². The average molecular weight is 339 g/mol. The van der Waals surface area contributed by atoms with Gasteiger partial charge in [-0.2, -0.15) is 0 Å². The van der Waals surface area contributed by atoms with Crippen molar-refractivity contribution in [1.29, 1.82) is 0 Å². The first kappa shape index (κ1) is 15.8. The van der Waals surface area contributed by atoms with Crippen molar-refractivity contribution in [2.24, 2.45) is 0 Å². The summed E-state index contributed by atoms with van der Waals surface area (Å²) in [6.45, 7) is 1.84. The van der Waals surface area contributed by atoms with Gasteiger partial charge in [0.15, 0.2) is 6.61 Å². The summed E-state index contributed by atoms with van der Waals surface area (Å²) in [7, 11) is 0. The second kappa shape index (κ2) is 6.67. The maximum absolute atomic E-state index is 12.1. The predicted molar refractivity (Wildman–Crippen MR) is 93.6 cm³/mol. The Labute approximate surface area is 145 Å². The lowest BCUT2D eigenvalue weighted by molar-refractivity contribution is -0.123. The van der Waals surface area contributed by atoms with Crippen LogP contribution in [0, 0.1) is 0 Å². The zero-order valence-electron chi connectivity index (χ0n) is 14.2. The molecule has 25 heavy (non-hydrogen) atoms. The predicted octanol–water partition coefficient (Wildman–Crippen LogP) is 4.16. The van der Waals surface area contributed by atoms with Gasteiger partial charge in [0.25, 0.3) is 5.91 Å². The molecule has 0 saturated carbocycles. The summed E-state index contributed by atoms with van der Waals surface area (Å²) in [5.74, 6) is 2.32. The number of benzene rings is 1. The molecule has 1 aliphatic carbocycles. The van der Waals surface area contributed by atoms with Gasteiger partial charge in [0.05, 0.1) is 12.3 Å². The highest BCUT2D eigenvalue weighted by Gasteiger charge is 2.18. The third-order valence-corrected chi connectivity index (χ3v) is 4.64. The van der Waals surface area contributed by atoms with Crippen LogP contribution in [0.15, 0.2) is 45.4 Å². The molecule has 3 aromatic rings. The van der Waals surface area contributed by atoms with E-state index in [9.17, 15) is 4.79 Å². The standard InChI is InChI=1S/C20H21NO4/c1-13(17-7-4-10-23-17)21-20(22)12-24-14-8-9-19-16(11-14)15-5-2-3-6-18(15)25-19/h4,7-11,13H,2-3,5-6,12H2,1H3,(H,21,22)/t13-/m1/s1. The van der Waals surface area contributed by atoms with Gasteiger partial charge in [0.1, 0.15) is 22.9 Å². The third kappa shape index (κ3) is 3.27. The molecule has 130 valence electrons. The van der Waals surface area contributed by atoms with Crippen LogP contribution >= 0.6 is 0 Å². The topological polar surface area (TPSA) is 64.6 Å². The third-order valence-electron chi connectivity index (χ3n) is 4.64. The number of rotatable bonds is 5. The largest absolute Gasteiger partial charge is 0.484 e. The second-order valence-corrected chi connectivity index (χ2v) is 6.46. The number of furan rings is 2. The molecule has 1 N–H and O–H groups in total. The second-order valence-electron chi connectivity index (χ2n) is 6.46. The number of carbonyl (C=O) groups excluding carboxylic acids is 1. The van der Waals surface area contributed by atoms with Crippen LogP contribution in [-0.4, -0.2) is 12.5 Å². The molecule has 0 saturated heterocycles. The first-order chi connectivity index (χ1) is 12.2. The smallest absolute Gasteiger partial charge is 0.258 e. The number of amides is 1. The van der Waals surface area contributed by atoms with Crippen LogP contribution in [0.2, 0.25) is 0 Å². The van der Waals surface area contributed by atoms with Gasteiger partial charge in [0, 0.05) is 17.4 Å². The van der Waals surface area contributed by atoms with Gasteiger partial charge in [-0.05, 0) is 56.5 Å². The lowest BCUT2D eigenvalue weighted by Crippen LogP contribution is -2.31. The van der Waals surface area contributed by atoms with E-state index >= 15 is 0 Å². The maximum atomic E-state index is 12.1. The minimum Gasteiger partial charge on any atom is -0.484 e. The first-order valence-corrected chi connectivity index (χ1v) is 8.70. The molecule has 1 aliphatic rings. The molecule has 5 heteroatoms. The normalized spacial score (nSPS) is 14.9. The number of hydrogen-bond acceptors (Lipinski definition) is 4. The van der Waals surface area contributed by atoms with Crippen molar-refractivity contribution in [1.82, 2.24) is 5.32 Å². The van der Waals surface area contributed by atoms with Gasteiger partial charge in [0.2, 0.25) is 0 Å². The van der Waals surface area contributed by atoms with E-state index in [-0.39, 0.29) is 18.6 Å². The molecule has 5 nitrogen and oxygen atoms in total.